The van der Waals surface area contributed by atoms with Gasteiger partial charge in [-0.15, -0.1) is 0 Å². The van der Waals surface area contributed by atoms with E-state index in [1.165, 1.54) is 45.2 Å². The van der Waals surface area contributed by atoms with Gasteiger partial charge in [-0.3, -0.25) is 4.90 Å². The first kappa shape index (κ1) is 16.0. The van der Waals surface area contributed by atoms with Gasteiger partial charge in [-0.25, -0.2) is 0 Å². The van der Waals surface area contributed by atoms with Crippen LogP contribution in [-0.4, -0.2) is 36.6 Å². The van der Waals surface area contributed by atoms with Gasteiger partial charge in [-0.2, -0.15) is 0 Å². The first-order valence-corrected chi connectivity index (χ1v) is 7.92. The first-order valence-electron chi connectivity index (χ1n) is 7.92. The summed E-state index contributed by atoms with van der Waals surface area (Å²) >= 11 is 0. The van der Waals surface area contributed by atoms with Crippen molar-refractivity contribution in [2.45, 2.75) is 78.8 Å². The van der Waals surface area contributed by atoms with Gasteiger partial charge in [0.1, 0.15) is 0 Å². The molecule has 2 heteroatoms. The Bertz CT molecular complexity index is 223. The minimum Gasteiger partial charge on any atom is -0.314 e. The third kappa shape index (κ3) is 5.71. The van der Waals surface area contributed by atoms with Gasteiger partial charge in [0.05, 0.1) is 0 Å². The second-order valence-corrected chi connectivity index (χ2v) is 7.08. The second-order valence-electron chi connectivity index (χ2n) is 7.08. The molecule has 0 amide bonds. The van der Waals surface area contributed by atoms with Crippen molar-refractivity contribution in [3.05, 3.63) is 0 Å². The van der Waals surface area contributed by atoms with E-state index in [2.05, 4.69) is 44.8 Å². The van der Waals surface area contributed by atoms with Crippen molar-refractivity contribution in [3.8, 4) is 0 Å². The second kappa shape index (κ2) is 7.49. The Labute approximate surface area is 115 Å². The molecular weight excluding hydrogens is 220 g/mol. The predicted molar refractivity (Wildman–Crippen MR) is 81.0 cm³/mol. The largest absolute Gasteiger partial charge is 0.314 e. The summed E-state index contributed by atoms with van der Waals surface area (Å²) in [5, 5.41) is 3.60. The summed E-state index contributed by atoms with van der Waals surface area (Å²) in [4.78, 5) is 2.76. The lowest BCUT2D eigenvalue weighted by Gasteiger charge is -2.37. The van der Waals surface area contributed by atoms with Crippen molar-refractivity contribution in [3.63, 3.8) is 0 Å². The van der Waals surface area contributed by atoms with Gasteiger partial charge in [0, 0.05) is 25.2 Å². The average Bonchev–Trinajstić information content (AvgIpc) is 2.51. The van der Waals surface area contributed by atoms with Crippen LogP contribution in [0.1, 0.15) is 66.7 Å². The normalized spacial score (nSPS) is 23.3. The van der Waals surface area contributed by atoms with Crippen molar-refractivity contribution in [2.24, 2.45) is 5.41 Å². The zero-order chi connectivity index (χ0) is 13.6. The molecule has 1 aliphatic rings. The molecule has 1 heterocycles. The highest BCUT2D eigenvalue weighted by Crippen LogP contribution is 2.24. The molecule has 0 bridgehead atoms. The maximum absolute atomic E-state index is 3.60. The van der Waals surface area contributed by atoms with Crippen LogP contribution in [-0.2, 0) is 0 Å². The van der Waals surface area contributed by atoms with Crippen LogP contribution in [0.4, 0.5) is 0 Å². The molecule has 0 aromatic heterocycles. The van der Waals surface area contributed by atoms with E-state index < -0.39 is 0 Å². The Kier molecular flexibility index (Phi) is 6.65. The molecule has 1 unspecified atom stereocenters. The van der Waals surface area contributed by atoms with E-state index >= 15 is 0 Å². The third-order valence-corrected chi connectivity index (χ3v) is 4.09. The molecule has 1 aliphatic heterocycles. The van der Waals surface area contributed by atoms with E-state index in [1.54, 1.807) is 0 Å². The molecule has 1 fully saturated rings. The van der Waals surface area contributed by atoms with Crippen LogP contribution in [0, 0.1) is 5.41 Å². The van der Waals surface area contributed by atoms with Crippen LogP contribution in [0.15, 0.2) is 0 Å². The Morgan fingerprint density at radius 1 is 1.22 bits per heavy atom. The van der Waals surface area contributed by atoms with Gasteiger partial charge in [0.2, 0.25) is 0 Å². The monoisotopic (exact) mass is 254 g/mol. The van der Waals surface area contributed by atoms with E-state index in [0.717, 1.165) is 12.6 Å². The van der Waals surface area contributed by atoms with Crippen molar-refractivity contribution < 1.29 is 0 Å². The summed E-state index contributed by atoms with van der Waals surface area (Å²) in [6.07, 6.45) is 6.97. The third-order valence-electron chi connectivity index (χ3n) is 4.09. The lowest BCUT2D eigenvalue weighted by Crippen LogP contribution is -2.45. The summed E-state index contributed by atoms with van der Waals surface area (Å²) in [5.74, 6) is 0. The zero-order valence-corrected chi connectivity index (χ0v) is 13.3. The summed E-state index contributed by atoms with van der Waals surface area (Å²) in [7, 11) is 0. The molecule has 1 saturated heterocycles. The van der Waals surface area contributed by atoms with E-state index in [9.17, 15) is 0 Å². The molecular formula is C16H34N2. The molecule has 2 nitrogen and oxygen atoms in total. The lowest BCUT2D eigenvalue weighted by atomic mass is 9.91. The van der Waals surface area contributed by atoms with Gasteiger partial charge in [-0.1, -0.05) is 47.5 Å². The molecule has 108 valence electrons. The fourth-order valence-electron chi connectivity index (χ4n) is 2.99. The molecule has 0 spiro atoms. The van der Waals surface area contributed by atoms with Crippen LogP contribution in [0.2, 0.25) is 0 Å². The summed E-state index contributed by atoms with van der Waals surface area (Å²) < 4.78 is 0. The van der Waals surface area contributed by atoms with Gasteiger partial charge in [-0.05, 0) is 31.2 Å². The molecule has 0 aromatic rings. The Balaban J connectivity index is 2.50. The maximum Gasteiger partial charge on any atom is 0.00928 e. The topological polar surface area (TPSA) is 15.3 Å². The van der Waals surface area contributed by atoms with Crippen LogP contribution in [0.25, 0.3) is 0 Å². The van der Waals surface area contributed by atoms with Crippen molar-refractivity contribution in [1.82, 2.24) is 10.2 Å². The SMILES string of the molecule is CCC1CCCCCN1CC(C)(C)CNC(C)C. The highest BCUT2D eigenvalue weighted by Gasteiger charge is 2.26. The molecule has 0 radical (unpaired) electrons. The molecule has 1 rings (SSSR count). The minimum absolute atomic E-state index is 0.377. The summed E-state index contributed by atoms with van der Waals surface area (Å²) in [6, 6.07) is 1.42. The number of hydrogen-bond donors (Lipinski definition) is 1. The number of rotatable bonds is 6. The fourth-order valence-corrected chi connectivity index (χ4v) is 2.99. The van der Waals surface area contributed by atoms with Gasteiger partial charge in [0.15, 0.2) is 0 Å². The number of nitrogens with zero attached hydrogens (tertiary/aromatic N) is 1. The zero-order valence-electron chi connectivity index (χ0n) is 13.3. The van der Waals surface area contributed by atoms with Gasteiger partial charge in [0.25, 0.3) is 0 Å². The Morgan fingerprint density at radius 2 is 1.94 bits per heavy atom. The Hall–Kier alpha value is -0.0800. The van der Waals surface area contributed by atoms with Crippen molar-refractivity contribution >= 4 is 0 Å². The van der Waals surface area contributed by atoms with Crippen LogP contribution < -0.4 is 5.32 Å². The highest BCUT2D eigenvalue weighted by atomic mass is 15.2. The highest BCUT2D eigenvalue weighted by molar-refractivity contribution is 4.82. The van der Waals surface area contributed by atoms with Crippen LogP contribution in [0.3, 0.4) is 0 Å². The minimum atomic E-state index is 0.377. The van der Waals surface area contributed by atoms with Crippen LogP contribution in [0.5, 0.6) is 0 Å². The standard InChI is InChI=1S/C16H34N2/c1-6-15-10-8-7-9-11-18(15)13-16(4,5)12-17-14(2)3/h14-15,17H,6-13H2,1-5H3. The van der Waals surface area contributed by atoms with E-state index in [0.29, 0.717) is 11.5 Å². The van der Waals surface area contributed by atoms with E-state index in [1.807, 2.05) is 0 Å². The predicted octanol–water partition coefficient (Wildman–Crippen LogP) is 3.67. The lowest BCUT2D eigenvalue weighted by molar-refractivity contribution is 0.125. The van der Waals surface area contributed by atoms with Crippen molar-refractivity contribution in [1.29, 1.82) is 0 Å². The molecule has 0 aliphatic carbocycles. The molecule has 0 saturated carbocycles. The molecule has 1 atom stereocenters. The number of hydrogen-bond acceptors (Lipinski definition) is 2. The van der Waals surface area contributed by atoms with E-state index in [-0.39, 0.29) is 0 Å². The van der Waals surface area contributed by atoms with Crippen molar-refractivity contribution in [2.75, 3.05) is 19.6 Å². The number of nitrogens with one attached hydrogen (secondary N) is 1. The first-order chi connectivity index (χ1) is 8.44. The number of likely N-dealkylation sites (tertiary alicyclic amines) is 1. The van der Waals surface area contributed by atoms with Crippen LogP contribution >= 0.6 is 0 Å². The summed E-state index contributed by atoms with van der Waals surface area (Å²) in [6.45, 7) is 15.3. The van der Waals surface area contributed by atoms with E-state index in [4.69, 9.17) is 0 Å². The maximum atomic E-state index is 3.60. The molecule has 1 N–H and O–H groups in total. The average molecular weight is 254 g/mol. The quantitative estimate of drug-likeness (QED) is 0.778. The van der Waals surface area contributed by atoms with Gasteiger partial charge < -0.3 is 5.32 Å². The smallest absolute Gasteiger partial charge is 0.00928 e. The fraction of sp³-hybridized carbons (Fsp3) is 1.00. The Morgan fingerprint density at radius 3 is 2.56 bits per heavy atom. The molecule has 0 aromatic carbocycles. The molecule has 18 heavy (non-hydrogen) atoms. The summed E-state index contributed by atoms with van der Waals surface area (Å²) in [5.41, 5.74) is 0.377. The van der Waals surface area contributed by atoms with Gasteiger partial charge >= 0.3 is 0 Å².